The smallest absolute Gasteiger partial charge is 0.315 e. The first-order valence-corrected chi connectivity index (χ1v) is 20.4. The Labute approximate surface area is 294 Å². The van der Waals surface area contributed by atoms with Crippen LogP contribution in [0.3, 0.4) is 0 Å². The number of nitrogens with one attached hydrogen (secondary N) is 3. The molecule has 0 aromatic carbocycles. The molecule has 1 unspecified atom stereocenters. The van der Waals surface area contributed by atoms with Crippen LogP contribution in [0, 0.1) is 23.2 Å². The normalized spacial score (nSPS) is 25.9. The van der Waals surface area contributed by atoms with Gasteiger partial charge < -0.3 is 30.4 Å². The number of urea groups is 1. The molecule has 0 aromatic rings. The van der Waals surface area contributed by atoms with Crippen molar-refractivity contribution in [3.05, 3.63) is 0 Å². The molecule has 12 heteroatoms. The summed E-state index contributed by atoms with van der Waals surface area (Å²) in [4.78, 5) is 68.5. The summed E-state index contributed by atoms with van der Waals surface area (Å²) in [6.07, 6.45) is 11.9. The zero-order valence-corrected chi connectivity index (χ0v) is 31.6. The lowest BCUT2D eigenvalue weighted by atomic mass is 9.70. The van der Waals surface area contributed by atoms with Crippen molar-refractivity contribution in [1.82, 2.24) is 20.9 Å². The molecule has 4 amide bonds. The third kappa shape index (κ3) is 9.44. The topological polar surface area (TPSA) is 159 Å². The van der Waals surface area contributed by atoms with E-state index in [1.165, 1.54) is 0 Å². The van der Waals surface area contributed by atoms with Crippen LogP contribution in [0.15, 0.2) is 0 Å². The summed E-state index contributed by atoms with van der Waals surface area (Å²) >= 11 is 0. The zero-order chi connectivity index (χ0) is 36.3. The molecule has 11 nitrogen and oxygen atoms in total. The van der Waals surface area contributed by atoms with Gasteiger partial charge in [0.05, 0.1) is 16.0 Å². The van der Waals surface area contributed by atoms with Crippen molar-refractivity contribution in [2.45, 2.75) is 166 Å². The van der Waals surface area contributed by atoms with Gasteiger partial charge in [-0.1, -0.05) is 72.1 Å². The zero-order valence-electron chi connectivity index (χ0n) is 30.8. The molecule has 278 valence electrons. The predicted octanol–water partition coefficient (Wildman–Crippen LogP) is 4.86. The van der Waals surface area contributed by atoms with Crippen LogP contribution in [0.4, 0.5) is 4.79 Å². The van der Waals surface area contributed by atoms with Crippen LogP contribution in [0.5, 0.6) is 0 Å². The van der Waals surface area contributed by atoms with Crippen molar-refractivity contribution in [1.29, 1.82) is 0 Å². The summed E-state index contributed by atoms with van der Waals surface area (Å²) in [6, 6.07) is -2.36. The van der Waals surface area contributed by atoms with Gasteiger partial charge in [-0.05, 0) is 82.5 Å². The van der Waals surface area contributed by atoms with Crippen molar-refractivity contribution < 1.29 is 32.4 Å². The average Bonchev–Trinajstić information content (AvgIpc) is 3.71. The van der Waals surface area contributed by atoms with Crippen LogP contribution in [-0.2, 0) is 29.0 Å². The maximum absolute atomic E-state index is 14.8. The third-order valence-electron chi connectivity index (χ3n) is 12.1. The molecular formula is C37H62N4O7S. The number of sulfone groups is 1. The lowest BCUT2D eigenvalue weighted by Gasteiger charge is -2.44. The molecule has 3 N–H and O–H groups in total. The quantitative estimate of drug-likeness (QED) is 0.218. The van der Waals surface area contributed by atoms with Crippen LogP contribution in [0.2, 0.25) is 0 Å². The van der Waals surface area contributed by atoms with Gasteiger partial charge in [-0.25, -0.2) is 13.2 Å². The van der Waals surface area contributed by atoms with E-state index in [1.807, 2.05) is 6.92 Å². The summed E-state index contributed by atoms with van der Waals surface area (Å²) in [5.74, 6) is -0.465. The molecule has 4 atom stereocenters. The largest absolute Gasteiger partial charge is 0.342 e. The second-order valence-electron chi connectivity index (χ2n) is 17.5. The fraction of sp³-hybridized carbons (Fsp3) is 0.865. The van der Waals surface area contributed by atoms with Crippen LogP contribution in [0.1, 0.15) is 138 Å². The molecule has 3 aliphatic carbocycles. The first-order chi connectivity index (χ1) is 22.9. The highest BCUT2D eigenvalue weighted by atomic mass is 32.2. The molecule has 4 rings (SSSR count). The van der Waals surface area contributed by atoms with Crippen LogP contribution in [-0.4, -0.2) is 83.9 Å². The molecule has 4 aliphatic rings. The summed E-state index contributed by atoms with van der Waals surface area (Å²) in [5.41, 5.74) is -2.82. The highest BCUT2D eigenvalue weighted by Crippen LogP contribution is 2.42. The monoisotopic (exact) mass is 706 g/mol. The molecule has 49 heavy (non-hydrogen) atoms. The Balaban J connectivity index is 1.63. The molecular weight excluding hydrogens is 644 g/mol. The van der Waals surface area contributed by atoms with Crippen molar-refractivity contribution in [2.24, 2.45) is 23.2 Å². The van der Waals surface area contributed by atoms with E-state index in [1.54, 1.807) is 25.7 Å². The molecule has 0 radical (unpaired) electrons. The molecule has 1 saturated heterocycles. The van der Waals surface area contributed by atoms with Crippen molar-refractivity contribution in [3.63, 3.8) is 0 Å². The number of aldehydes is 2. The van der Waals surface area contributed by atoms with Gasteiger partial charge >= 0.3 is 6.03 Å². The van der Waals surface area contributed by atoms with Crippen molar-refractivity contribution in [3.8, 4) is 0 Å². The molecule has 0 spiro atoms. The molecule has 3 saturated carbocycles. The Morgan fingerprint density at radius 2 is 1.53 bits per heavy atom. The second kappa shape index (κ2) is 15.4. The molecule has 1 aliphatic heterocycles. The first-order valence-electron chi connectivity index (χ1n) is 18.7. The standard InChI is InChI=1S/C37H62N4O7S/c1-26(2)28-21-29(31(44)39-37(24-43,19-20-42)22-27-13-14-27)41(23-28)32(45)30(35(6)15-9-7-10-16-35)38-33(46)40-36(17-11-8-12-18-36)25-49(47,48)34(3,4)5/h20,24,26-30H,7-19,21-23,25H2,1-6H3,(H,39,44)(H2,38,40,46)/t28-,29+,30-,37?/m1/s1. The number of amides is 4. The Bertz CT molecular complexity index is 1330. The van der Waals surface area contributed by atoms with Gasteiger partial charge in [0.1, 0.15) is 30.2 Å². The summed E-state index contributed by atoms with van der Waals surface area (Å²) in [6.45, 7) is 11.5. The van der Waals surface area contributed by atoms with Gasteiger partial charge in [0.2, 0.25) is 11.8 Å². The number of carbonyl (C=O) groups excluding carboxylic acids is 5. The minimum absolute atomic E-state index is 0.0292. The fourth-order valence-electron chi connectivity index (χ4n) is 8.34. The Hall–Kier alpha value is -2.50. The van der Waals surface area contributed by atoms with E-state index in [-0.39, 0.29) is 35.8 Å². The van der Waals surface area contributed by atoms with Crippen LogP contribution < -0.4 is 16.0 Å². The summed E-state index contributed by atoms with van der Waals surface area (Å²) < 4.78 is 25.8. The van der Waals surface area contributed by atoms with Gasteiger partial charge in [0.25, 0.3) is 0 Å². The minimum Gasteiger partial charge on any atom is -0.342 e. The minimum atomic E-state index is -3.56. The third-order valence-corrected chi connectivity index (χ3v) is 14.9. The number of rotatable bonds is 14. The van der Waals surface area contributed by atoms with E-state index in [0.29, 0.717) is 44.8 Å². The first kappa shape index (κ1) is 39.3. The number of hydrogen-bond acceptors (Lipinski definition) is 7. The van der Waals surface area contributed by atoms with E-state index in [4.69, 9.17) is 0 Å². The Morgan fingerprint density at radius 1 is 0.939 bits per heavy atom. The van der Waals surface area contributed by atoms with E-state index in [2.05, 4.69) is 29.8 Å². The number of carbonyl (C=O) groups is 5. The van der Waals surface area contributed by atoms with E-state index >= 15 is 0 Å². The maximum Gasteiger partial charge on any atom is 0.315 e. The van der Waals surface area contributed by atoms with E-state index < -0.39 is 55.1 Å². The Morgan fingerprint density at radius 3 is 2.04 bits per heavy atom. The highest BCUT2D eigenvalue weighted by molar-refractivity contribution is 7.92. The molecule has 1 heterocycles. The number of likely N-dealkylation sites (tertiary alicyclic amines) is 1. The van der Waals surface area contributed by atoms with Gasteiger partial charge in [-0.2, -0.15) is 0 Å². The summed E-state index contributed by atoms with van der Waals surface area (Å²) in [5, 5.41) is 9.04. The lowest BCUT2D eigenvalue weighted by Crippen LogP contribution is -2.64. The lowest BCUT2D eigenvalue weighted by molar-refractivity contribution is -0.144. The van der Waals surface area contributed by atoms with Crippen molar-refractivity contribution >= 4 is 40.3 Å². The SMILES string of the molecule is CC(C)[C@@H]1C[C@@H](C(=O)NC(C=O)(CC=O)CC2CC2)N(C(=O)[C@@H](NC(=O)NC2(CS(=O)(=O)C(C)(C)C)CCCCC2)C2(C)CCCCC2)C1. The van der Waals surface area contributed by atoms with Gasteiger partial charge in [0.15, 0.2) is 9.84 Å². The molecule has 0 bridgehead atoms. The number of hydrogen-bond donors (Lipinski definition) is 3. The fourth-order valence-corrected chi connectivity index (χ4v) is 9.86. The Kier molecular flexibility index (Phi) is 12.3. The average molecular weight is 707 g/mol. The van der Waals surface area contributed by atoms with Gasteiger partial charge in [-0.15, -0.1) is 0 Å². The number of nitrogens with zero attached hydrogens (tertiary/aromatic N) is 1. The van der Waals surface area contributed by atoms with Gasteiger partial charge in [0, 0.05) is 13.0 Å². The van der Waals surface area contributed by atoms with Gasteiger partial charge in [-0.3, -0.25) is 9.59 Å². The van der Waals surface area contributed by atoms with E-state index in [0.717, 1.165) is 64.2 Å². The maximum atomic E-state index is 14.8. The van der Waals surface area contributed by atoms with Crippen molar-refractivity contribution in [2.75, 3.05) is 12.3 Å². The van der Waals surface area contributed by atoms with E-state index in [9.17, 15) is 32.4 Å². The van der Waals surface area contributed by atoms with Crippen LogP contribution >= 0.6 is 0 Å². The summed E-state index contributed by atoms with van der Waals surface area (Å²) in [7, 11) is -3.56. The second-order valence-corrected chi connectivity index (χ2v) is 20.2. The molecule has 0 aromatic heterocycles. The van der Waals surface area contributed by atoms with Crippen LogP contribution in [0.25, 0.3) is 0 Å². The highest BCUT2D eigenvalue weighted by Gasteiger charge is 2.50. The predicted molar refractivity (Wildman–Crippen MR) is 189 cm³/mol. The molecule has 4 fully saturated rings.